The molecule has 18 heavy (non-hydrogen) atoms. The molecule has 1 rings (SSSR count). The third-order valence-electron chi connectivity index (χ3n) is 3.30. The van der Waals surface area contributed by atoms with E-state index in [1.165, 1.54) is 7.11 Å². The van der Waals surface area contributed by atoms with Crippen molar-refractivity contribution in [3.63, 3.8) is 0 Å². The quantitative estimate of drug-likeness (QED) is 0.645. The third-order valence-corrected chi connectivity index (χ3v) is 3.30. The van der Waals surface area contributed by atoms with Crippen molar-refractivity contribution in [3.8, 4) is 0 Å². The number of carbonyl (C=O) groups excluding carboxylic acids is 2. The molecule has 1 saturated heterocycles. The van der Waals surface area contributed by atoms with Gasteiger partial charge in [0.25, 0.3) is 0 Å². The largest absolute Gasteiger partial charge is 0.468 e. The Morgan fingerprint density at radius 1 is 1.50 bits per heavy atom. The van der Waals surface area contributed by atoms with E-state index in [4.69, 9.17) is 10.5 Å². The van der Waals surface area contributed by atoms with Gasteiger partial charge in [0.2, 0.25) is 5.91 Å². The van der Waals surface area contributed by atoms with Gasteiger partial charge in [0.05, 0.1) is 13.7 Å². The molecule has 6 nitrogen and oxygen atoms in total. The molecule has 0 aromatic rings. The Labute approximate surface area is 108 Å². The molecular weight excluding hydrogens is 234 g/mol. The van der Waals surface area contributed by atoms with Crippen LogP contribution in [0.2, 0.25) is 0 Å². The number of ether oxygens (including phenoxy) is 1. The number of hydrogen-bond donors (Lipinski definition) is 1. The SMILES string of the molecule is COC(=O)C1CCCN1CC(=O)N(C)CCCN. The Bertz CT molecular complexity index is 296. The molecule has 0 spiro atoms. The lowest BCUT2D eigenvalue weighted by atomic mass is 10.2. The van der Waals surface area contributed by atoms with Crippen molar-refractivity contribution in [1.82, 2.24) is 9.80 Å². The molecule has 0 bridgehead atoms. The van der Waals surface area contributed by atoms with Gasteiger partial charge in [-0.2, -0.15) is 0 Å². The van der Waals surface area contributed by atoms with Crippen molar-refractivity contribution >= 4 is 11.9 Å². The maximum atomic E-state index is 12.0. The Balaban J connectivity index is 2.45. The maximum absolute atomic E-state index is 12.0. The summed E-state index contributed by atoms with van der Waals surface area (Å²) in [5.41, 5.74) is 5.41. The number of likely N-dealkylation sites (N-methyl/N-ethyl adjacent to an activating group) is 1. The van der Waals surface area contributed by atoms with Crippen LogP contribution in [0.5, 0.6) is 0 Å². The van der Waals surface area contributed by atoms with E-state index in [0.29, 0.717) is 13.1 Å². The Hall–Kier alpha value is -1.14. The van der Waals surface area contributed by atoms with Gasteiger partial charge in [0.1, 0.15) is 6.04 Å². The number of rotatable bonds is 6. The number of carbonyl (C=O) groups is 2. The zero-order valence-corrected chi connectivity index (χ0v) is 11.2. The zero-order valence-electron chi connectivity index (χ0n) is 11.2. The van der Waals surface area contributed by atoms with Crippen LogP contribution in [0.25, 0.3) is 0 Å². The summed E-state index contributed by atoms with van der Waals surface area (Å²) in [4.78, 5) is 27.1. The minimum atomic E-state index is -0.262. The summed E-state index contributed by atoms with van der Waals surface area (Å²) in [6, 6.07) is -0.262. The Morgan fingerprint density at radius 3 is 2.83 bits per heavy atom. The number of nitrogens with two attached hydrogens (primary N) is 1. The smallest absolute Gasteiger partial charge is 0.323 e. The fraction of sp³-hybridized carbons (Fsp3) is 0.833. The van der Waals surface area contributed by atoms with E-state index in [2.05, 4.69) is 0 Å². The van der Waals surface area contributed by atoms with Gasteiger partial charge in [0.15, 0.2) is 0 Å². The number of hydrogen-bond acceptors (Lipinski definition) is 5. The minimum absolute atomic E-state index is 0.0271. The summed E-state index contributed by atoms with van der Waals surface area (Å²) < 4.78 is 4.75. The van der Waals surface area contributed by atoms with E-state index >= 15 is 0 Å². The molecule has 1 atom stereocenters. The molecule has 1 aliphatic rings. The zero-order chi connectivity index (χ0) is 13.5. The van der Waals surface area contributed by atoms with Gasteiger partial charge in [-0.15, -0.1) is 0 Å². The first kappa shape index (κ1) is 14.9. The van der Waals surface area contributed by atoms with Crippen molar-refractivity contribution < 1.29 is 14.3 Å². The van der Waals surface area contributed by atoms with Gasteiger partial charge in [-0.05, 0) is 32.4 Å². The van der Waals surface area contributed by atoms with Gasteiger partial charge < -0.3 is 15.4 Å². The second kappa shape index (κ2) is 7.33. The first-order valence-electron chi connectivity index (χ1n) is 6.36. The predicted octanol–water partition coefficient (Wildman–Crippen LogP) is -0.569. The summed E-state index contributed by atoms with van der Waals surface area (Å²) in [7, 11) is 3.15. The predicted molar refractivity (Wildman–Crippen MR) is 67.9 cm³/mol. The van der Waals surface area contributed by atoms with E-state index in [-0.39, 0.29) is 24.5 Å². The van der Waals surface area contributed by atoms with Crippen LogP contribution in [-0.2, 0) is 14.3 Å². The van der Waals surface area contributed by atoms with Crippen LogP contribution < -0.4 is 5.73 Å². The van der Waals surface area contributed by atoms with Crippen LogP contribution in [0, 0.1) is 0 Å². The molecule has 1 unspecified atom stereocenters. The molecule has 0 aromatic carbocycles. The molecule has 0 radical (unpaired) electrons. The molecule has 1 aliphatic heterocycles. The molecule has 1 fully saturated rings. The second-order valence-corrected chi connectivity index (χ2v) is 4.61. The molecule has 0 saturated carbocycles. The molecular formula is C12H23N3O3. The molecule has 0 aliphatic carbocycles. The maximum Gasteiger partial charge on any atom is 0.323 e. The second-order valence-electron chi connectivity index (χ2n) is 4.61. The lowest BCUT2D eigenvalue weighted by Crippen LogP contribution is -2.44. The number of likely N-dealkylation sites (tertiary alicyclic amines) is 1. The Kier molecular flexibility index (Phi) is 6.07. The van der Waals surface area contributed by atoms with Crippen LogP contribution in [0.3, 0.4) is 0 Å². The van der Waals surface area contributed by atoms with Gasteiger partial charge >= 0.3 is 5.97 Å². The van der Waals surface area contributed by atoms with Crippen molar-refractivity contribution in [2.75, 3.05) is 40.3 Å². The van der Waals surface area contributed by atoms with Crippen LogP contribution in [-0.4, -0.2) is 68.1 Å². The normalized spacial score (nSPS) is 19.8. The summed E-state index contributed by atoms with van der Waals surface area (Å²) in [6.07, 6.45) is 2.49. The summed E-state index contributed by atoms with van der Waals surface area (Å²) in [6.45, 7) is 2.29. The summed E-state index contributed by atoms with van der Waals surface area (Å²) in [5.74, 6) is -0.218. The highest BCUT2D eigenvalue weighted by atomic mass is 16.5. The topological polar surface area (TPSA) is 75.9 Å². The summed E-state index contributed by atoms with van der Waals surface area (Å²) >= 11 is 0. The van der Waals surface area contributed by atoms with Crippen LogP contribution in [0.4, 0.5) is 0 Å². The molecule has 1 amide bonds. The first-order chi connectivity index (χ1) is 8.60. The summed E-state index contributed by atoms with van der Waals surface area (Å²) in [5, 5.41) is 0. The fourth-order valence-corrected chi connectivity index (χ4v) is 2.17. The van der Waals surface area contributed by atoms with E-state index in [1.54, 1.807) is 11.9 Å². The standard InChI is InChI=1S/C12H23N3O3/c1-14(7-4-6-13)11(16)9-15-8-3-5-10(15)12(17)18-2/h10H,3-9,13H2,1-2H3. The number of amides is 1. The molecule has 1 heterocycles. The lowest BCUT2D eigenvalue weighted by molar-refractivity contribution is -0.146. The number of nitrogens with zero attached hydrogens (tertiary/aromatic N) is 2. The van der Waals surface area contributed by atoms with Gasteiger partial charge in [-0.25, -0.2) is 0 Å². The van der Waals surface area contributed by atoms with Crippen molar-refractivity contribution in [3.05, 3.63) is 0 Å². The van der Waals surface area contributed by atoms with Crippen molar-refractivity contribution in [1.29, 1.82) is 0 Å². The number of methoxy groups -OCH3 is 1. The van der Waals surface area contributed by atoms with E-state index in [1.807, 2.05) is 4.90 Å². The van der Waals surface area contributed by atoms with Gasteiger partial charge in [0, 0.05) is 13.6 Å². The van der Waals surface area contributed by atoms with Crippen molar-refractivity contribution in [2.45, 2.75) is 25.3 Å². The minimum Gasteiger partial charge on any atom is -0.468 e. The molecule has 0 aromatic heterocycles. The van der Waals surface area contributed by atoms with Crippen LogP contribution in [0.15, 0.2) is 0 Å². The third kappa shape index (κ3) is 3.96. The molecule has 104 valence electrons. The number of esters is 1. The van der Waals surface area contributed by atoms with Crippen LogP contribution in [0.1, 0.15) is 19.3 Å². The van der Waals surface area contributed by atoms with Gasteiger partial charge in [-0.1, -0.05) is 0 Å². The fourth-order valence-electron chi connectivity index (χ4n) is 2.17. The highest BCUT2D eigenvalue weighted by Crippen LogP contribution is 2.18. The highest BCUT2D eigenvalue weighted by Gasteiger charge is 2.32. The monoisotopic (exact) mass is 257 g/mol. The van der Waals surface area contributed by atoms with E-state index in [0.717, 1.165) is 25.8 Å². The van der Waals surface area contributed by atoms with Crippen molar-refractivity contribution in [2.24, 2.45) is 5.73 Å². The molecule has 6 heteroatoms. The average Bonchev–Trinajstić information content (AvgIpc) is 2.82. The van der Waals surface area contributed by atoms with Gasteiger partial charge in [-0.3, -0.25) is 14.5 Å². The average molecular weight is 257 g/mol. The van der Waals surface area contributed by atoms with Crippen LogP contribution >= 0.6 is 0 Å². The van der Waals surface area contributed by atoms with E-state index < -0.39 is 0 Å². The van der Waals surface area contributed by atoms with E-state index in [9.17, 15) is 9.59 Å². The Morgan fingerprint density at radius 2 is 2.22 bits per heavy atom. The molecule has 2 N–H and O–H groups in total. The first-order valence-corrected chi connectivity index (χ1v) is 6.36. The highest BCUT2D eigenvalue weighted by molar-refractivity contribution is 5.80. The lowest BCUT2D eigenvalue weighted by Gasteiger charge is -2.24.